The van der Waals surface area contributed by atoms with Gasteiger partial charge in [0.2, 0.25) is 0 Å². The first kappa shape index (κ1) is 15.4. The van der Waals surface area contributed by atoms with Crippen LogP contribution in [0.2, 0.25) is 5.02 Å². The van der Waals surface area contributed by atoms with E-state index in [1.165, 1.54) is 12.1 Å². The Morgan fingerprint density at radius 2 is 1.76 bits per heavy atom. The summed E-state index contributed by atoms with van der Waals surface area (Å²) in [7, 11) is 0. The summed E-state index contributed by atoms with van der Waals surface area (Å²) in [6.45, 7) is 0. The van der Waals surface area contributed by atoms with Crippen LogP contribution in [0.15, 0.2) is 48.5 Å². The highest BCUT2D eigenvalue weighted by Crippen LogP contribution is 2.32. The number of rotatable bonds is 4. The molecule has 1 unspecified atom stereocenters. The zero-order valence-electron chi connectivity index (χ0n) is 10.6. The first-order valence-electron chi connectivity index (χ1n) is 5.95. The molecular formula is C15H10ClF3O2. The molecule has 0 aliphatic rings. The van der Waals surface area contributed by atoms with Crippen molar-refractivity contribution in [2.75, 3.05) is 0 Å². The first-order valence-corrected chi connectivity index (χ1v) is 6.32. The molecule has 0 aromatic heterocycles. The van der Waals surface area contributed by atoms with Crippen LogP contribution in [0.3, 0.4) is 0 Å². The van der Waals surface area contributed by atoms with Gasteiger partial charge in [-0.25, -0.2) is 0 Å². The zero-order chi connectivity index (χ0) is 15.5. The summed E-state index contributed by atoms with van der Waals surface area (Å²) in [5.41, 5.74) is -0.326. The standard InChI is InChI=1S/C15H10ClF3O2/c16-12-6-4-10(5-7-12)14(9-20)21-13-3-1-2-11(8-13)15(17,18)19/h1-9,14H. The van der Waals surface area contributed by atoms with Crippen molar-refractivity contribution >= 4 is 17.9 Å². The van der Waals surface area contributed by atoms with Gasteiger partial charge in [-0.3, -0.25) is 4.79 Å². The smallest absolute Gasteiger partial charge is 0.416 e. The van der Waals surface area contributed by atoms with Gasteiger partial charge in [0, 0.05) is 5.02 Å². The Balaban J connectivity index is 2.23. The van der Waals surface area contributed by atoms with Crippen LogP contribution in [-0.2, 0) is 11.0 Å². The molecule has 0 amide bonds. The number of ether oxygens (including phenoxy) is 1. The Morgan fingerprint density at radius 1 is 1.10 bits per heavy atom. The van der Waals surface area contributed by atoms with E-state index in [0.29, 0.717) is 16.9 Å². The summed E-state index contributed by atoms with van der Waals surface area (Å²) in [6, 6.07) is 10.7. The lowest BCUT2D eigenvalue weighted by atomic mass is 10.1. The highest BCUT2D eigenvalue weighted by molar-refractivity contribution is 6.30. The molecule has 110 valence electrons. The largest absolute Gasteiger partial charge is 0.478 e. The van der Waals surface area contributed by atoms with Crippen molar-refractivity contribution in [3.63, 3.8) is 0 Å². The van der Waals surface area contributed by atoms with Crippen molar-refractivity contribution in [2.45, 2.75) is 12.3 Å². The van der Waals surface area contributed by atoms with Crippen molar-refractivity contribution in [1.29, 1.82) is 0 Å². The number of aldehydes is 1. The maximum Gasteiger partial charge on any atom is 0.416 e. The maximum atomic E-state index is 12.6. The van der Waals surface area contributed by atoms with Crippen molar-refractivity contribution < 1.29 is 22.7 Å². The van der Waals surface area contributed by atoms with Crippen LogP contribution in [0.1, 0.15) is 17.2 Å². The van der Waals surface area contributed by atoms with Crippen molar-refractivity contribution in [3.8, 4) is 5.75 Å². The van der Waals surface area contributed by atoms with E-state index in [0.717, 1.165) is 12.1 Å². The Bertz CT molecular complexity index is 624. The number of carbonyl (C=O) groups excluding carboxylic acids is 1. The number of hydrogen-bond acceptors (Lipinski definition) is 2. The average Bonchev–Trinajstić information content (AvgIpc) is 2.45. The summed E-state index contributed by atoms with van der Waals surface area (Å²) < 4.78 is 43.2. The van der Waals surface area contributed by atoms with Gasteiger partial charge in [0.05, 0.1) is 5.56 Å². The van der Waals surface area contributed by atoms with E-state index in [9.17, 15) is 18.0 Å². The number of hydrogen-bond donors (Lipinski definition) is 0. The van der Waals surface area contributed by atoms with E-state index in [2.05, 4.69) is 0 Å². The molecule has 0 spiro atoms. The summed E-state index contributed by atoms with van der Waals surface area (Å²) in [4.78, 5) is 11.1. The molecule has 0 heterocycles. The molecule has 0 fully saturated rings. The van der Waals surface area contributed by atoms with Gasteiger partial charge in [-0.2, -0.15) is 13.2 Å². The van der Waals surface area contributed by atoms with Gasteiger partial charge in [-0.05, 0) is 35.9 Å². The molecule has 2 aromatic carbocycles. The molecule has 2 nitrogen and oxygen atoms in total. The first-order chi connectivity index (χ1) is 9.90. The quantitative estimate of drug-likeness (QED) is 0.766. The third-order valence-corrected chi connectivity index (χ3v) is 3.00. The van der Waals surface area contributed by atoms with Gasteiger partial charge in [0.15, 0.2) is 12.4 Å². The summed E-state index contributed by atoms with van der Waals surface area (Å²) >= 11 is 5.74. The molecule has 1 atom stereocenters. The second-order valence-corrected chi connectivity index (χ2v) is 4.69. The minimum absolute atomic E-state index is 0.0307. The predicted molar refractivity (Wildman–Crippen MR) is 72.3 cm³/mol. The number of alkyl halides is 3. The molecule has 21 heavy (non-hydrogen) atoms. The van der Waals surface area contributed by atoms with E-state index < -0.39 is 17.8 Å². The van der Waals surface area contributed by atoms with E-state index in [4.69, 9.17) is 16.3 Å². The monoisotopic (exact) mass is 314 g/mol. The molecular weight excluding hydrogens is 305 g/mol. The van der Waals surface area contributed by atoms with Gasteiger partial charge < -0.3 is 4.74 Å². The minimum Gasteiger partial charge on any atom is -0.478 e. The fourth-order valence-electron chi connectivity index (χ4n) is 1.72. The van der Waals surface area contributed by atoms with Crippen molar-refractivity contribution in [3.05, 3.63) is 64.7 Å². The van der Waals surface area contributed by atoms with Crippen LogP contribution in [0.5, 0.6) is 5.75 Å². The van der Waals surface area contributed by atoms with Crippen LogP contribution >= 0.6 is 11.6 Å². The molecule has 2 aromatic rings. The summed E-state index contributed by atoms with van der Waals surface area (Å²) in [5.74, 6) is -0.0307. The lowest BCUT2D eigenvalue weighted by Crippen LogP contribution is -2.10. The van der Waals surface area contributed by atoms with E-state index in [-0.39, 0.29) is 5.75 Å². The lowest BCUT2D eigenvalue weighted by molar-refractivity contribution is -0.137. The topological polar surface area (TPSA) is 26.3 Å². The molecule has 0 aliphatic carbocycles. The Morgan fingerprint density at radius 3 is 2.33 bits per heavy atom. The van der Waals surface area contributed by atoms with E-state index >= 15 is 0 Å². The molecule has 0 N–H and O–H groups in total. The molecule has 0 radical (unpaired) electrons. The zero-order valence-corrected chi connectivity index (χ0v) is 11.4. The predicted octanol–water partition coefficient (Wildman–Crippen LogP) is 4.68. The van der Waals surface area contributed by atoms with Crippen LogP contribution in [0, 0.1) is 0 Å². The number of carbonyl (C=O) groups is 1. The van der Waals surface area contributed by atoms with Crippen molar-refractivity contribution in [1.82, 2.24) is 0 Å². The Labute approximate surface area is 124 Å². The van der Waals surface area contributed by atoms with E-state index in [1.807, 2.05) is 0 Å². The molecule has 0 saturated heterocycles. The van der Waals surface area contributed by atoms with Crippen molar-refractivity contribution in [2.24, 2.45) is 0 Å². The molecule has 0 bridgehead atoms. The van der Waals surface area contributed by atoms with Crippen LogP contribution in [-0.4, -0.2) is 6.29 Å². The second-order valence-electron chi connectivity index (χ2n) is 4.25. The van der Waals surface area contributed by atoms with Gasteiger partial charge >= 0.3 is 6.18 Å². The molecule has 0 aliphatic heterocycles. The highest BCUT2D eigenvalue weighted by Gasteiger charge is 2.30. The summed E-state index contributed by atoms with van der Waals surface area (Å²) in [5, 5.41) is 0.488. The van der Waals surface area contributed by atoms with Gasteiger partial charge in [-0.15, -0.1) is 0 Å². The summed E-state index contributed by atoms with van der Waals surface area (Å²) in [6.07, 6.45) is -4.94. The Hall–Kier alpha value is -2.01. The highest BCUT2D eigenvalue weighted by atomic mass is 35.5. The fraction of sp³-hybridized carbons (Fsp3) is 0.133. The third kappa shape index (κ3) is 3.98. The minimum atomic E-state index is -4.46. The normalized spacial score (nSPS) is 12.8. The Kier molecular flexibility index (Phi) is 4.53. The molecule has 2 rings (SSSR count). The van der Waals surface area contributed by atoms with Crippen LogP contribution < -0.4 is 4.74 Å². The van der Waals surface area contributed by atoms with Gasteiger partial charge in [0.25, 0.3) is 0 Å². The molecule has 6 heteroatoms. The van der Waals surface area contributed by atoms with Gasteiger partial charge in [-0.1, -0.05) is 29.8 Å². The maximum absolute atomic E-state index is 12.6. The third-order valence-electron chi connectivity index (χ3n) is 2.75. The molecule has 0 saturated carbocycles. The van der Waals surface area contributed by atoms with Crippen LogP contribution in [0.25, 0.3) is 0 Å². The fourth-order valence-corrected chi connectivity index (χ4v) is 1.85. The second kappa shape index (κ2) is 6.18. The van der Waals surface area contributed by atoms with E-state index in [1.54, 1.807) is 24.3 Å². The van der Waals surface area contributed by atoms with Gasteiger partial charge in [0.1, 0.15) is 5.75 Å². The van der Waals surface area contributed by atoms with Crippen LogP contribution in [0.4, 0.5) is 13.2 Å². The number of benzene rings is 2. The average molecular weight is 315 g/mol. The SMILES string of the molecule is O=CC(Oc1cccc(C(F)(F)F)c1)c1ccc(Cl)cc1. The number of halogens is 4. The lowest BCUT2D eigenvalue weighted by Gasteiger charge is -2.15.